The molecule has 0 spiro atoms. The molecule has 8 heteroatoms. The molecule has 7 nitrogen and oxygen atoms in total. The summed E-state index contributed by atoms with van der Waals surface area (Å²) in [6.07, 6.45) is 6.24. The maximum Gasteiger partial charge on any atom is 0.325 e. The number of hydrogen-bond donors (Lipinski definition) is 3. The molecule has 0 aromatic heterocycles. The minimum atomic E-state index is -0.745. The molecule has 2 fully saturated rings. The topological polar surface area (TPSA) is 85.8 Å². The Hall–Kier alpha value is -1.06. The van der Waals surface area contributed by atoms with Crippen molar-refractivity contribution in [2.24, 2.45) is 4.99 Å². The van der Waals surface area contributed by atoms with Crippen LogP contribution < -0.4 is 16.0 Å². The molecule has 0 aromatic rings. The first kappa shape index (κ1) is 21.0. The number of carbonyl (C=O) groups excluding carboxylic acids is 2. The van der Waals surface area contributed by atoms with E-state index < -0.39 is 5.54 Å². The van der Waals surface area contributed by atoms with E-state index in [1.807, 2.05) is 6.92 Å². The van der Waals surface area contributed by atoms with Gasteiger partial charge >= 0.3 is 6.03 Å². The number of urea groups is 1. The fourth-order valence-corrected chi connectivity index (χ4v) is 3.09. The minimum absolute atomic E-state index is 0. The third kappa shape index (κ3) is 4.97. The Kier molecular flexibility index (Phi) is 8.24. The second kappa shape index (κ2) is 9.43. The van der Waals surface area contributed by atoms with Gasteiger partial charge in [0.2, 0.25) is 0 Å². The molecule has 2 aliphatic rings. The van der Waals surface area contributed by atoms with Crippen LogP contribution in [0.25, 0.3) is 0 Å². The lowest BCUT2D eigenvalue weighted by Gasteiger charge is -2.20. The summed E-state index contributed by atoms with van der Waals surface area (Å²) in [6.45, 7) is 4.78. The average Bonchev–Trinajstić information content (AvgIpc) is 3.12. The van der Waals surface area contributed by atoms with Crippen LogP contribution in [0.15, 0.2) is 4.99 Å². The predicted octanol–water partition coefficient (Wildman–Crippen LogP) is 1.82. The summed E-state index contributed by atoms with van der Waals surface area (Å²) in [6, 6.07) is 0.227. The number of imide groups is 1. The maximum absolute atomic E-state index is 12.3. The lowest BCUT2D eigenvalue weighted by atomic mass is 9.99. The fourth-order valence-electron chi connectivity index (χ4n) is 3.09. The first-order chi connectivity index (χ1) is 11.0. The molecule has 1 aliphatic carbocycles. The quantitative estimate of drug-likeness (QED) is 0.189. The van der Waals surface area contributed by atoms with Crippen molar-refractivity contribution in [3.63, 3.8) is 0 Å². The van der Waals surface area contributed by atoms with Gasteiger partial charge in [0.1, 0.15) is 5.54 Å². The Balaban J connectivity index is 0.00000288. The van der Waals surface area contributed by atoms with Crippen molar-refractivity contribution in [3.8, 4) is 0 Å². The largest absolute Gasteiger partial charge is 0.356 e. The van der Waals surface area contributed by atoms with Crippen molar-refractivity contribution < 1.29 is 9.59 Å². The zero-order valence-electron chi connectivity index (χ0n) is 14.9. The molecule has 1 atom stereocenters. The van der Waals surface area contributed by atoms with E-state index >= 15 is 0 Å². The third-order valence-electron chi connectivity index (χ3n) is 4.82. The van der Waals surface area contributed by atoms with Crippen molar-refractivity contribution in [3.05, 3.63) is 0 Å². The smallest absolute Gasteiger partial charge is 0.325 e. The summed E-state index contributed by atoms with van der Waals surface area (Å²) >= 11 is 0. The molecule has 1 saturated carbocycles. The summed E-state index contributed by atoms with van der Waals surface area (Å²) in [5.74, 6) is 0.672. The lowest BCUT2D eigenvalue weighted by molar-refractivity contribution is -0.130. The Morgan fingerprint density at radius 3 is 2.58 bits per heavy atom. The SMILES string of the molecule is CCC1(C)NC(=O)N(CCCNC(=NC)NC2CCCC2)C1=O.I. The first-order valence-electron chi connectivity index (χ1n) is 8.61. The van der Waals surface area contributed by atoms with Gasteiger partial charge in [-0.3, -0.25) is 14.7 Å². The summed E-state index contributed by atoms with van der Waals surface area (Å²) in [4.78, 5) is 29.7. The average molecular weight is 451 g/mol. The van der Waals surface area contributed by atoms with Gasteiger partial charge in [0.05, 0.1) is 0 Å². The van der Waals surface area contributed by atoms with Gasteiger partial charge in [-0.1, -0.05) is 19.8 Å². The molecule has 1 unspecified atom stereocenters. The van der Waals surface area contributed by atoms with Crippen molar-refractivity contribution in [2.75, 3.05) is 20.1 Å². The van der Waals surface area contributed by atoms with E-state index in [-0.39, 0.29) is 35.9 Å². The Bertz CT molecular complexity index is 479. The molecule has 1 saturated heterocycles. The van der Waals surface area contributed by atoms with E-state index in [1.54, 1.807) is 14.0 Å². The third-order valence-corrected chi connectivity index (χ3v) is 4.82. The summed E-state index contributed by atoms with van der Waals surface area (Å²) in [5, 5.41) is 9.44. The number of halogens is 1. The van der Waals surface area contributed by atoms with E-state index in [1.165, 1.54) is 30.6 Å². The number of aliphatic imine (C=N–C) groups is 1. The van der Waals surface area contributed by atoms with Crippen molar-refractivity contribution in [2.45, 2.75) is 64.0 Å². The van der Waals surface area contributed by atoms with Crippen molar-refractivity contribution >= 4 is 41.9 Å². The maximum atomic E-state index is 12.3. The molecular weight excluding hydrogens is 421 g/mol. The molecule has 138 valence electrons. The summed E-state index contributed by atoms with van der Waals surface area (Å²) in [5.41, 5.74) is -0.745. The van der Waals surface area contributed by atoms with Gasteiger partial charge < -0.3 is 16.0 Å². The van der Waals surface area contributed by atoms with Gasteiger partial charge in [-0.15, -0.1) is 24.0 Å². The van der Waals surface area contributed by atoms with E-state index in [4.69, 9.17) is 0 Å². The van der Waals surface area contributed by atoms with Crippen LogP contribution in [0.2, 0.25) is 0 Å². The summed E-state index contributed by atoms with van der Waals surface area (Å²) in [7, 11) is 1.76. The molecule has 3 amide bonds. The van der Waals surface area contributed by atoms with E-state index in [9.17, 15) is 9.59 Å². The van der Waals surface area contributed by atoms with E-state index in [0.29, 0.717) is 32.0 Å². The molecule has 1 heterocycles. The number of amides is 3. The van der Waals surface area contributed by atoms with Crippen LogP contribution >= 0.6 is 24.0 Å². The normalized spacial score (nSPS) is 24.8. The molecular formula is C16H30IN5O2. The Morgan fingerprint density at radius 1 is 1.38 bits per heavy atom. The highest BCUT2D eigenvalue weighted by molar-refractivity contribution is 14.0. The van der Waals surface area contributed by atoms with Gasteiger partial charge in [0, 0.05) is 26.2 Å². The highest BCUT2D eigenvalue weighted by Gasteiger charge is 2.45. The van der Waals surface area contributed by atoms with Gasteiger partial charge in [-0.2, -0.15) is 0 Å². The number of nitrogens with zero attached hydrogens (tertiary/aromatic N) is 2. The van der Waals surface area contributed by atoms with Crippen LogP contribution in [0.1, 0.15) is 52.4 Å². The van der Waals surface area contributed by atoms with Crippen LogP contribution in [0.4, 0.5) is 4.79 Å². The number of hydrogen-bond acceptors (Lipinski definition) is 3. The number of carbonyl (C=O) groups is 2. The number of guanidine groups is 1. The molecule has 0 radical (unpaired) electrons. The fraction of sp³-hybridized carbons (Fsp3) is 0.812. The molecule has 2 rings (SSSR count). The highest BCUT2D eigenvalue weighted by Crippen LogP contribution is 2.20. The number of rotatable bonds is 6. The van der Waals surface area contributed by atoms with Gasteiger partial charge in [-0.25, -0.2) is 4.79 Å². The second-order valence-electron chi connectivity index (χ2n) is 6.55. The van der Waals surface area contributed by atoms with Gasteiger partial charge in [-0.05, 0) is 32.6 Å². The highest BCUT2D eigenvalue weighted by atomic mass is 127. The molecule has 24 heavy (non-hydrogen) atoms. The Morgan fingerprint density at radius 2 is 2.04 bits per heavy atom. The second-order valence-corrected chi connectivity index (χ2v) is 6.55. The van der Waals surface area contributed by atoms with Crippen LogP contribution in [0.5, 0.6) is 0 Å². The van der Waals surface area contributed by atoms with E-state index in [2.05, 4.69) is 20.9 Å². The standard InChI is InChI=1S/C16H29N5O2.HI/c1-4-16(2)13(22)21(15(23)20-16)11-7-10-18-14(17-3)19-12-8-5-6-9-12;/h12H,4-11H2,1-3H3,(H,20,23)(H2,17,18,19);1H. The first-order valence-corrected chi connectivity index (χ1v) is 8.61. The minimum Gasteiger partial charge on any atom is -0.356 e. The van der Waals surface area contributed by atoms with Gasteiger partial charge in [0.15, 0.2) is 5.96 Å². The summed E-state index contributed by atoms with van der Waals surface area (Å²) < 4.78 is 0. The van der Waals surface area contributed by atoms with Crippen molar-refractivity contribution in [1.29, 1.82) is 0 Å². The van der Waals surface area contributed by atoms with Crippen LogP contribution in [-0.2, 0) is 4.79 Å². The molecule has 3 N–H and O–H groups in total. The van der Waals surface area contributed by atoms with Crippen molar-refractivity contribution in [1.82, 2.24) is 20.9 Å². The Labute approximate surface area is 161 Å². The zero-order valence-corrected chi connectivity index (χ0v) is 17.2. The molecule has 0 bridgehead atoms. The number of nitrogens with one attached hydrogen (secondary N) is 3. The van der Waals surface area contributed by atoms with Gasteiger partial charge in [0.25, 0.3) is 5.91 Å². The lowest BCUT2D eigenvalue weighted by Crippen LogP contribution is -2.44. The monoisotopic (exact) mass is 451 g/mol. The predicted molar refractivity (Wildman–Crippen MR) is 106 cm³/mol. The van der Waals surface area contributed by atoms with Crippen LogP contribution in [-0.4, -0.2) is 54.5 Å². The van der Waals surface area contributed by atoms with E-state index in [0.717, 1.165) is 5.96 Å². The molecule has 0 aromatic carbocycles. The molecule has 1 aliphatic heterocycles. The zero-order chi connectivity index (χ0) is 16.9. The van der Waals surface area contributed by atoms with Crippen LogP contribution in [0.3, 0.4) is 0 Å². The van der Waals surface area contributed by atoms with Crippen LogP contribution in [0, 0.1) is 0 Å².